The Morgan fingerprint density at radius 1 is 1.14 bits per heavy atom. The number of hydrogen-bond acceptors (Lipinski definition) is 7. The zero-order valence-electron chi connectivity index (χ0n) is 21.6. The highest BCUT2D eigenvalue weighted by molar-refractivity contribution is 9.10. The van der Waals surface area contributed by atoms with E-state index in [1.165, 1.54) is 10.5 Å². The molecule has 0 saturated carbocycles. The number of nitrogens with one attached hydrogen (secondary N) is 1. The van der Waals surface area contributed by atoms with Crippen molar-refractivity contribution in [2.24, 2.45) is 0 Å². The Balaban J connectivity index is 1.98. The number of amides is 1. The van der Waals surface area contributed by atoms with Gasteiger partial charge in [0, 0.05) is 29.8 Å². The fraction of sp³-hybridized carbons (Fsp3) is 0.462. The third kappa shape index (κ3) is 7.11. The maximum absolute atomic E-state index is 13.2. The number of nitrogens with zero attached hydrogens (tertiary/aromatic N) is 4. The Bertz CT molecular complexity index is 1160. The molecule has 0 bridgehead atoms. The largest absolute Gasteiger partial charge is 0.443 e. The monoisotopic (exact) mass is 543 g/mol. The summed E-state index contributed by atoms with van der Waals surface area (Å²) in [5.41, 5.74) is 1.84. The molecule has 1 aromatic carbocycles. The lowest BCUT2D eigenvalue weighted by molar-refractivity contribution is 0.0549. The molecular weight excluding hydrogens is 510 g/mol. The topological polar surface area (TPSA) is 93.4 Å². The first kappa shape index (κ1) is 26.8. The molecule has 0 saturated heterocycles. The van der Waals surface area contributed by atoms with Crippen molar-refractivity contribution in [1.82, 2.24) is 20.4 Å². The summed E-state index contributed by atoms with van der Waals surface area (Å²) in [5.74, 6) is 0.722. The van der Waals surface area contributed by atoms with Crippen molar-refractivity contribution in [2.75, 3.05) is 4.90 Å². The van der Waals surface area contributed by atoms with E-state index in [-0.39, 0.29) is 0 Å². The molecule has 0 unspecified atom stereocenters. The lowest BCUT2D eigenvalue weighted by atomic mass is 10.1. The molecule has 3 rings (SSSR count). The molecule has 2 heterocycles. The van der Waals surface area contributed by atoms with Gasteiger partial charge < -0.3 is 14.6 Å². The average Bonchev–Trinajstić information content (AvgIpc) is 3.21. The van der Waals surface area contributed by atoms with E-state index in [0.29, 0.717) is 33.6 Å². The van der Waals surface area contributed by atoms with Crippen LogP contribution >= 0.6 is 15.9 Å². The molecule has 0 radical (unpaired) electrons. The normalized spacial score (nSPS) is 12.2. The Labute approximate surface area is 215 Å². The van der Waals surface area contributed by atoms with Crippen molar-refractivity contribution in [3.8, 4) is 22.7 Å². The van der Waals surface area contributed by atoms with Crippen LogP contribution in [0.3, 0.4) is 0 Å². The first-order valence-electron chi connectivity index (χ1n) is 11.6. The van der Waals surface area contributed by atoms with Gasteiger partial charge in [0.25, 0.3) is 0 Å². The number of rotatable bonds is 6. The van der Waals surface area contributed by atoms with E-state index in [4.69, 9.17) is 9.26 Å². The van der Waals surface area contributed by atoms with Gasteiger partial charge in [0.15, 0.2) is 17.3 Å². The highest BCUT2D eigenvalue weighted by Crippen LogP contribution is 2.35. The van der Waals surface area contributed by atoms with E-state index in [9.17, 15) is 4.79 Å². The smallest absolute Gasteiger partial charge is 0.416 e. The third-order valence-corrected chi connectivity index (χ3v) is 5.27. The zero-order chi connectivity index (χ0) is 26.0. The van der Waals surface area contributed by atoms with Gasteiger partial charge >= 0.3 is 6.09 Å². The minimum atomic E-state index is -0.667. The maximum Gasteiger partial charge on any atom is 0.416 e. The van der Waals surface area contributed by atoms with Crippen molar-refractivity contribution >= 4 is 27.8 Å². The first-order valence-corrected chi connectivity index (χ1v) is 12.4. The summed E-state index contributed by atoms with van der Waals surface area (Å²) < 4.78 is 11.9. The molecule has 2 aromatic heterocycles. The van der Waals surface area contributed by atoms with Crippen molar-refractivity contribution in [1.29, 1.82) is 0 Å². The minimum Gasteiger partial charge on any atom is -0.443 e. The Hall–Kier alpha value is -2.78. The van der Waals surface area contributed by atoms with Gasteiger partial charge in [-0.3, -0.25) is 4.90 Å². The lowest BCUT2D eigenvalue weighted by Crippen LogP contribution is -2.49. The first-order chi connectivity index (χ1) is 16.2. The highest BCUT2D eigenvalue weighted by atomic mass is 79.9. The van der Waals surface area contributed by atoms with E-state index in [1.54, 1.807) is 12.3 Å². The van der Waals surface area contributed by atoms with Gasteiger partial charge in [-0.1, -0.05) is 43.3 Å². The molecule has 0 spiro atoms. The second-order valence-electron chi connectivity index (χ2n) is 10.7. The van der Waals surface area contributed by atoms with Crippen LogP contribution in [0, 0.1) is 0 Å². The van der Waals surface area contributed by atoms with E-state index < -0.39 is 17.2 Å². The van der Waals surface area contributed by atoms with Gasteiger partial charge in [-0.2, -0.15) is 0 Å². The van der Waals surface area contributed by atoms with Gasteiger partial charge in [0.2, 0.25) is 0 Å². The summed E-state index contributed by atoms with van der Waals surface area (Å²) in [7, 11) is 0. The molecule has 9 heteroatoms. The van der Waals surface area contributed by atoms with Crippen LogP contribution in [0.2, 0.25) is 0 Å². The molecule has 0 aliphatic rings. The van der Waals surface area contributed by atoms with Crippen molar-refractivity contribution < 1.29 is 14.1 Å². The number of carbonyl (C=O) groups is 1. The molecule has 0 atom stereocenters. The van der Waals surface area contributed by atoms with Crippen molar-refractivity contribution in [3.63, 3.8) is 0 Å². The van der Waals surface area contributed by atoms with Gasteiger partial charge in [-0.05, 0) is 63.0 Å². The van der Waals surface area contributed by atoms with Crippen molar-refractivity contribution in [2.45, 2.75) is 79.1 Å². The number of carbonyl (C=O) groups excluding carboxylic acids is 1. The number of halogens is 1. The molecule has 0 aliphatic carbocycles. The van der Waals surface area contributed by atoms with Gasteiger partial charge in [-0.25, -0.2) is 14.8 Å². The number of ether oxygens (including phenoxy) is 1. The van der Waals surface area contributed by atoms with E-state index in [0.717, 1.165) is 12.1 Å². The van der Waals surface area contributed by atoms with Crippen LogP contribution in [0.15, 0.2) is 45.7 Å². The van der Waals surface area contributed by atoms with Crippen LogP contribution in [0.1, 0.15) is 61.0 Å². The van der Waals surface area contributed by atoms with Crippen LogP contribution in [0.25, 0.3) is 22.7 Å². The second-order valence-corrected chi connectivity index (χ2v) is 11.5. The molecule has 0 fully saturated rings. The third-order valence-electron chi connectivity index (χ3n) is 4.89. The molecule has 35 heavy (non-hydrogen) atoms. The van der Waals surface area contributed by atoms with Crippen LogP contribution in [-0.2, 0) is 11.3 Å². The number of hydrogen-bond donors (Lipinski definition) is 1. The molecule has 8 nitrogen and oxygen atoms in total. The maximum atomic E-state index is 13.2. The van der Waals surface area contributed by atoms with Gasteiger partial charge in [0.05, 0.1) is 6.20 Å². The Morgan fingerprint density at radius 3 is 2.37 bits per heavy atom. The minimum absolute atomic E-state index is 0.327. The predicted octanol–water partition coefficient (Wildman–Crippen LogP) is 6.60. The molecule has 1 amide bonds. The Kier molecular flexibility index (Phi) is 8.01. The standard InChI is InChI=1S/C26H34BrN5O3/c1-16(2)28-14-17-9-11-18(12-10-17)19-13-20(35-31-19)22-23(29-15-21(27)30-22)32(25(3,4)5)24(33)34-26(6,7)8/h9-13,15-16,28H,14H2,1-8H3. The van der Waals surface area contributed by atoms with Crippen LogP contribution in [0.4, 0.5) is 10.6 Å². The van der Waals surface area contributed by atoms with Crippen LogP contribution in [0.5, 0.6) is 0 Å². The molecule has 188 valence electrons. The van der Waals surface area contributed by atoms with E-state index in [2.05, 4.69) is 62.4 Å². The molecule has 3 aromatic rings. The number of benzene rings is 1. The molecule has 1 N–H and O–H groups in total. The van der Waals surface area contributed by atoms with E-state index in [1.807, 2.05) is 53.7 Å². The highest BCUT2D eigenvalue weighted by Gasteiger charge is 2.36. The Morgan fingerprint density at radius 2 is 1.80 bits per heavy atom. The van der Waals surface area contributed by atoms with Gasteiger partial charge in [0.1, 0.15) is 15.9 Å². The molecular formula is C26H34BrN5O3. The fourth-order valence-electron chi connectivity index (χ4n) is 3.31. The SMILES string of the molecule is CC(C)NCc1ccc(-c2cc(-c3nc(Br)cnc3N(C(=O)OC(C)(C)C)C(C)(C)C)on2)cc1. The average molecular weight is 544 g/mol. The second kappa shape index (κ2) is 10.5. The quantitative estimate of drug-likeness (QED) is 0.374. The summed E-state index contributed by atoms with van der Waals surface area (Å²) in [6.07, 6.45) is 1.02. The number of aromatic nitrogens is 3. The zero-order valence-corrected chi connectivity index (χ0v) is 23.2. The summed E-state index contributed by atoms with van der Waals surface area (Å²) in [5, 5.41) is 7.66. The fourth-order valence-corrected chi connectivity index (χ4v) is 3.59. The van der Waals surface area contributed by atoms with Gasteiger partial charge in [-0.15, -0.1) is 0 Å². The summed E-state index contributed by atoms with van der Waals surface area (Å²) >= 11 is 3.39. The summed E-state index contributed by atoms with van der Waals surface area (Å²) in [6, 6.07) is 10.4. The molecule has 0 aliphatic heterocycles. The summed E-state index contributed by atoms with van der Waals surface area (Å²) in [6.45, 7) is 16.2. The predicted molar refractivity (Wildman–Crippen MR) is 141 cm³/mol. The van der Waals surface area contributed by atoms with Crippen LogP contribution < -0.4 is 10.2 Å². The lowest BCUT2D eigenvalue weighted by Gasteiger charge is -2.36. The van der Waals surface area contributed by atoms with Crippen molar-refractivity contribution in [3.05, 3.63) is 46.7 Å². The van der Waals surface area contributed by atoms with Crippen LogP contribution in [-0.4, -0.2) is 38.4 Å². The summed E-state index contributed by atoms with van der Waals surface area (Å²) in [4.78, 5) is 23.8. The number of anilines is 1. The van der Waals surface area contributed by atoms with E-state index >= 15 is 0 Å².